The fraction of sp³-hybridized carbons (Fsp3) is 0.583. The third-order valence-electron chi connectivity index (χ3n) is 6.30. The van der Waals surface area contributed by atoms with Crippen molar-refractivity contribution in [2.75, 3.05) is 51.1 Å². The number of amides is 2. The highest BCUT2D eigenvalue weighted by atomic mass is 16.2. The van der Waals surface area contributed by atoms with Gasteiger partial charge in [-0.2, -0.15) is 0 Å². The lowest BCUT2D eigenvalue weighted by atomic mass is 10.0. The Hall–Kier alpha value is -2.18. The molecule has 30 heavy (non-hydrogen) atoms. The Bertz CT molecular complexity index is 781. The second-order valence-corrected chi connectivity index (χ2v) is 8.43. The van der Waals surface area contributed by atoms with Gasteiger partial charge in [0, 0.05) is 44.1 Å². The van der Waals surface area contributed by atoms with Crippen LogP contribution in [-0.4, -0.2) is 72.3 Å². The van der Waals surface area contributed by atoms with Gasteiger partial charge < -0.3 is 10.2 Å². The number of nitrogens with zero attached hydrogens (tertiary/aromatic N) is 3. The van der Waals surface area contributed by atoms with E-state index in [4.69, 9.17) is 0 Å². The van der Waals surface area contributed by atoms with Crippen LogP contribution in [-0.2, 0) is 9.59 Å². The van der Waals surface area contributed by atoms with Gasteiger partial charge in [0.2, 0.25) is 11.8 Å². The van der Waals surface area contributed by atoms with Crippen LogP contribution in [0.3, 0.4) is 0 Å². The van der Waals surface area contributed by atoms with E-state index < -0.39 is 0 Å². The molecule has 0 spiro atoms. The summed E-state index contributed by atoms with van der Waals surface area (Å²) in [6, 6.07) is 5.97. The number of benzene rings is 1. The quantitative estimate of drug-likeness (QED) is 0.747. The van der Waals surface area contributed by atoms with Crippen molar-refractivity contribution in [3.8, 4) is 0 Å². The zero-order chi connectivity index (χ0) is 21.5. The van der Waals surface area contributed by atoms with Crippen molar-refractivity contribution in [3.63, 3.8) is 0 Å². The monoisotopic (exact) mass is 412 g/mol. The van der Waals surface area contributed by atoms with Gasteiger partial charge in [0.25, 0.3) is 0 Å². The molecule has 0 radical (unpaired) electrons. The lowest BCUT2D eigenvalue weighted by Crippen LogP contribution is -2.51. The number of nitrogens with one attached hydrogen (secondary N) is 1. The van der Waals surface area contributed by atoms with Crippen LogP contribution in [0.25, 0.3) is 0 Å². The zero-order valence-corrected chi connectivity index (χ0v) is 18.7. The zero-order valence-electron chi connectivity index (χ0n) is 18.7. The molecule has 0 saturated carbocycles. The summed E-state index contributed by atoms with van der Waals surface area (Å²) in [6.45, 7) is 11.0. The lowest BCUT2D eigenvalue weighted by Gasteiger charge is -2.35. The topological polar surface area (TPSA) is 55.9 Å². The maximum Gasteiger partial charge on any atom is 0.240 e. The second kappa shape index (κ2) is 10.7. The Labute approximate surface area is 180 Å². The lowest BCUT2D eigenvalue weighted by molar-refractivity contribution is -0.131. The van der Waals surface area contributed by atoms with Gasteiger partial charge in [0.15, 0.2) is 0 Å². The highest BCUT2D eigenvalue weighted by Crippen LogP contribution is 2.21. The number of hydrogen-bond acceptors (Lipinski definition) is 4. The van der Waals surface area contributed by atoms with Gasteiger partial charge in [-0.05, 0) is 63.6 Å². The minimum Gasteiger partial charge on any atom is -0.325 e. The number of carbonyl (C=O) groups excluding carboxylic acids is 2. The molecule has 1 saturated heterocycles. The van der Waals surface area contributed by atoms with E-state index in [1.807, 2.05) is 24.0 Å². The molecule has 2 amide bonds. The van der Waals surface area contributed by atoms with Crippen LogP contribution in [0.4, 0.5) is 5.69 Å². The molecule has 1 aliphatic carbocycles. The molecule has 3 rings (SSSR count). The Morgan fingerprint density at radius 2 is 1.73 bits per heavy atom. The van der Waals surface area contributed by atoms with Crippen LogP contribution in [0, 0.1) is 13.8 Å². The highest BCUT2D eigenvalue weighted by molar-refractivity contribution is 5.93. The van der Waals surface area contributed by atoms with Gasteiger partial charge in [0.1, 0.15) is 0 Å². The predicted molar refractivity (Wildman–Crippen MR) is 121 cm³/mol. The van der Waals surface area contributed by atoms with Crippen molar-refractivity contribution >= 4 is 17.5 Å². The van der Waals surface area contributed by atoms with Gasteiger partial charge in [0.05, 0.1) is 13.1 Å². The molecule has 1 aliphatic heterocycles. The first kappa shape index (κ1) is 22.5. The number of allylic oxidation sites excluding steroid dienone is 2. The summed E-state index contributed by atoms with van der Waals surface area (Å²) >= 11 is 0. The summed E-state index contributed by atoms with van der Waals surface area (Å²) in [7, 11) is 0. The molecule has 2 aliphatic rings. The second-order valence-electron chi connectivity index (χ2n) is 8.43. The standard InChI is InChI=1S/C24H36N4O2/c1-4-28(21-10-6-5-7-11-21)24(30)18-27-15-13-26(14-16-27)17-23(29)25-22-12-8-9-19(2)20(22)3/h8-10,12H,4-7,11,13-18H2,1-3H3,(H,25,29). The van der Waals surface area contributed by atoms with E-state index in [1.165, 1.54) is 24.1 Å². The van der Waals surface area contributed by atoms with E-state index in [-0.39, 0.29) is 11.8 Å². The van der Waals surface area contributed by atoms with E-state index >= 15 is 0 Å². The molecule has 1 aromatic rings. The number of piperazine rings is 1. The Morgan fingerprint density at radius 3 is 2.37 bits per heavy atom. The molecule has 1 aromatic carbocycles. The predicted octanol–water partition coefficient (Wildman–Crippen LogP) is 3.17. The number of carbonyl (C=O) groups is 2. The Balaban J connectivity index is 1.44. The number of rotatable bonds is 7. The number of likely N-dealkylation sites (N-methyl/N-ethyl adjacent to an activating group) is 1. The molecule has 164 valence electrons. The van der Waals surface area contributed by atoms with E-state index in [0.29, 0.717) is 13.1 Å². The van der Waals surface area contributed by atoms with Crippen molar-refractivity contribution < 1.29 is 9.59 Å². The summed E-state index contributed by atoms with van der Waals surface area (Å²) in [5.74, 6) is 0.224. The van der Waals surface area contributed by atoms with Crippen LogP contribution in [0.5, 0.6) is 0 Å². The van der Waals surface area contributed by atoms with Crippen LogP contribution in [0.1, 0.15) is 43.7 Å². The molecule has 1 fully saturated rings. The van der Waals surface area contributed by atoms with Crippen molar-refractivity contribution in [1.82, 2.24) is 14.7 Å². The normalized spacial score (nSPS) is 18.0. The van der Waals surface area contributed by atoms with Gasteiger partial charge in [-0.3, -0.25) is 19.4 Å². The third kappa shape index (κ3) is 5.92. The van der Waals surface area contributed by atoms with Gasteiger partial charge in [-0.15, -0.1) is 0 Å². The maximum absolute atomic E-state index is 12.8. The van der Waals surface area contributed by atoms with Crippen LogP contribution < -0.4 is 5.32 Å². The summed E-state index contributed by atoms with van der Waals surface area (Å²) in [6.07, 6.45) is 6.74. The largest absolute Gasteiger partial charge is 0.325 e. The van der Waals surface area contributed by atoms with Crippen molar-refractivity contribution in [3.05, 3.63) is 41.1 Å². The third-order valence-corrected chi connectivity index (χ3v) is 6.30. The van der Waals surface area contributed by atoms with Gasteiger partial charge in [-0.25, -0.2) is 0 Å². The first-order valence-electron chi connectivity index (χ1n) is 11.3. The highest BCUT2D eigenvalue weighted by Gasteiger charge is 2.24. The van der Waals surface area contributed by atoms with E-state index in [1.54, 1.807) is 0 Å². The molecule has 1 heterocycles. The fourth-order valence-electron chi connectivity index (χ4n) is 4.27. The minimum absolute atomic E-state index is 0.0228. The van der Waals surface area contributed by atoms with Crippen LogP contribution in [0.15, 0.2) is 30.0 Å². The van der Waals surface area contributed by atoms with Crippen LogP contribution >= 0.6 is 0 Å². The maximum atomic E-state index is 12.8. The van der Waals surface area contributed by atoms with E-state index in [2.05, 4.69) is 41.1 Å². The molecule has 0 bridgehead atoms. The Morgan fingerprint density at radius 1 is 1.03 bits per heavy atom. The summed E-state index contributed by atoms with van der Waals surface area (Å²) < 4.78 is 0. The molecule has 6 heteroatoms. The van der Waals surface area contributed by atoms with Gasteiger partial charge >= 0.3 is 0 Å². The van der Waals surface area contributed by atoms with E-state index in [9.17, 15) is 9.59 Å². The Kier molecular flexibility index (Phi) is 8.05. The molecular weight excluding hydrogens is 376 g/mol. The average Bonchev–Trinajstić information content (AvgIpc) is 2.74. The molecule has 1 N–H and O–H groups in total. The van der Waals surface area contributed by atoms with Crippen LogP contribution in [0.2, 0.25) is 0 Å². The summed E-state index contributed by atoms with van der Waals surface area (Å²) in [5, 5.41) is 3.04. The molecule has 0 unspecified atom stereocenters. The van der Waals surface area contributed by atoms with E-state index in [0.717, 1.165) is 56.8 Å². The average molecular weight is 413 g/mol. The molecular formula is C24H36N4O2. The molecule has 6 nitrogen and oxygen atoms in total. The van der Waals surface area contributed by atoms with Crippen molar-refractivity contribution in [1.29, 1.82) is 0 Å². The summed E-state index contributed by atoms with van der Waals surface area (Å²) in [5.41, 5.74) is 4.38. The first-order chi connectivity index (χ1) is 14.5. The SMILES string of the molecule is CCN(C(=O)CN1CCN(CC(=O)Nc2cccc(C)c2C)CC1)C1=CCCCC1. The van der Waals surface area contributed by atoms with Gasteiger partial charge in [-0.1, -0.05) is 18.2 Å². The minimum atomic E-state index is 0.0228. The fourth-order valence-corrected chi connectivity index (χ4v) is 4.27. The first-order valence-corrected chi connectivity index (χ1v) is 11.3. The molecule has 0 atom stereocenters. The summed E-state index contributed by atoms with van der Waals surface area (Å²) in [4.78, 5) is 31.6. The number of hydrogen-bond donors (Lipinski definition) is 1. The smallest absolute Gasteiger partial charge is 0.240 e. The molecule has 0 aromatic heterocycles. The number of anilines is 1. The van der Waals surface area contributed by atoms with Crippen molar-refractivity contribution in [2.24, 2.45) is 0 Å². The van der Waals surface area contributed by atoms with Crippen molar-refractivity contribution in [2.45, 2.75) is 46.5 Å². The number of aryl methyl sites for hydroxylation is 1.